The molecular weight excluding hydrogens is 326 g/mol. The fourth-order valence-electron chi connectivity index (χ4n) is 3.95. The van der Waals surface area contributed by atoms with Gasteiger partial charge in [-0.1, -0.05) is 15.9 Å². The van der Waals surface area contributed by atoms with Crippen LogP contribution >= 0.6 is 15.9 Å². The zero-order valence-electron chi connectivity index (χ0n) is 12.1. The van der Waals surface area contributed by atoms with Crippen molar-refractivity contribution in [3.8, 4) is 0 Å². The summed E-state index contributed by atoms with van der Waals surface area (Å²) in [6.07, 6.45) is 2.64. The Bertz CT molecular complexity index is 677. The average Bonchev–Trinajstić information content (AvgIpc) is 2.55. The molecule has 0 amide bonds. The minimum atomic E-state index is 0.573. The van der Waals surface area contributed by atoms with Gasteiger partial charge < -0.3 is 10.6 Å². The Hall–Kier alpha value is -0.970. The van der Waals surface area contributed by atoms with Gasteiger partial charge in [-0.05, 0) is 61.7 Å². The summed E-state index contributed by atoms with van der Waals surface area (Å²) in [5.41, 5.74) is 9.53. The predicted octanol–water partition coefficient (Wildman–Crippen LogP) is 3.27. The average molecular weight is 346 g/mol. The molecular formula is C17H20BrN3. The van der Waals surface area contributed by atoms with Crippen LogP contribution in [0.1, 0.15) is 30.0 Å². The highest BCUT2D eigenvalue weighted by molar-refractivity contribution is 9.10. The molecule has 1 unspecified atom stereocenters. The molecule has 5 rings (SSSR count). The first-order valence-corrected chi connectivity index (χ1v) is 8.55. The number of benzene rings is 1. The number of fused-ring (bicyclic) bond motifs is 4. The summed E-state index contributed by atoms with van der Waals surface area (Å²) in [5.74, 6) is 1.40. The Morgan fingerprint density at radius 1 is 1.24 bits per heavy atom. The standard InChI is InChI=1S/C17H20BrN3/c18-13-1-2-16-14(8-13)12(9-19)7-17(20-16)15-10-21-5-3-11(15)4-6-21/h1-2,7-8,11,15H,3-6,9-10,19H2. The number of pyridine rings is 1. The fourth-order valence-corrected chi connectivity index (χ4v) is 4.31. The monoisotopic (exact) mass is 345 g/mol. The van der Waals surface area contributed by atoms with E-state index in [0.717, 1.165) is 15.9 Å². The van der Waals surface area contributed by atoms with Gasteiger partial charge in [0.05, 0.1) is 5.52 Å². The van der Waals surface area contributed by atoms with Gasteiger partial charge >= 0.3 is 0 Å². The number of hydrogen-bond donors (Lipinski definition) is 1. The number of rotatable bonds is 2. The summed E-state index contributed by atoms with van der Waals surface area (Å²) in [4.78, 5) is 7.55. The van der Waals surface area contributed by atoms with E-state index in [1.807, 2.05) is 0 Å². The van der Waals surface area contributed by atoms with E-state index in [9.17, 15) is 0 Å². The molecule has 0 spiro atoms. The molecule has 0 saturated carbocycles. The van der Waals surface area contributed by atoms with Crippen LogP contribution in [0.4, 0.5) is 0 Å². The van der Waals surface area contributed by atoms with Crippen molar-refractivity contribution in [3.63, 3.8) is 0 Å². The Balaban J connectivity index is 1.80. The Morgan fingerprint density at radius 2 is 2.05 bits per heavy atom. The SMILES string of the molecule is NCc1cc(C2CN3CCC2CC3)nc2ccc(Br)cc12. The normalized spacial score (nSPS) is 28.2. The van der Waals surface area contributed by atoms with E-state index in [-0.39, 0.29) is 0 Å². The molecule has 3 aliphatic heterocycles. The van der Waals surface area contributed by atoms with E-state index in [1.165, 1.54) is 49.1 Å². The maximum atomic E-state index is 5.99. The van der Waals surface area contributed by atoms with Gasteiger partial charge in [-0.15, -0.1) is 0 Å². The minimum absolute atomic E-state index is 0.573. The number of hydrogen-bond acceptors (Lipinski definition) is 3. The van der Waals surface area contributed by atoms with Crippen LogP contribution in [-0.4, -0.2) is 29.5 Å². The number of piperidine rings is 3. The molecule has 3 aliphatic rings. The third kappa shape index (κ3) is 2.39. The molecule has 1 aromatic carbocycles. The highest BCUT2D eigenvalue weighted by Crippen LogP contribution is 2.39. The summed E-state index contributed by atoms with van der Waals surface area (Å²) in [6.45, 7) is 4.28. The lowest BCUT2D eigenvalue weighted by Crippen LogP contribution is -2.46. The van der Waals surface area contributed by atoms with Gasteiger partial charge in [0.1, 0.15) is 0 Å². The molecule has 4 heteroatoms. The summed E-state index contributed by atoms with van der Waals surface area (Å²) in [7, 11) is 0. The second-order valence-electron chi connectivity index (χ2n) is 6.32. The summed E-state index contributed by atoms with van der Waals surface area (Å²) in [5, 5.41) is 1.18. The van der Waals surface area contributed by atoms with Crippen molar-refractivity contribution in [2.75, 3.05) is 19.6 Å². The molecule has 1 aromatic heterocycles. The molecule has 3 fully saturated rings. The van der Waals surface area contributed by atoms with E-state index >= 15 is 0 Å². The van der Waals surface area contributed by atoms with Gasteiger partial charge in [-0.25, -0.2) is 0 Å². The van der Waals surface area contributed by atoms with Gasteiger partial charge in [-0.3, -0.25) is 4.98 Å². The largest absolute Gasteiger partial charge is 0.326 e. The van der Waals surface area contributed by atoms with E-state index < -0.39 is 0 Å². The van der Waals surface area contributed by atoms with Crippen LogP contribution in [-0.2, 0) is 6.54 Å². The maximum absolute atomic E-state index is 5.99. The molecule has 2 bridgehead atoms. The fraction of sp³-hybridized carbons (Fsp3) is 0.471. The van der Waals surface area contributed by atoms with E-state index in [4.69, 9.17) is 10.7 Å². The van der Waals surface area contributed by atoms with E-state index in [0.29, 0.717) is 12.5 Å². The lowest BCUT2D eigenvalue weighted by molar-refractivity contribution is 0.0855. The molecule has 3 saturated heterocycles. The van der Waals surface area contributed by atoms with Crippen LogP contribution < -0.4 is 5.73 Å². The number of halogens is 1. The molecule has 2 aromatic rings. The van der Waals surface area contributed by atoms with Crippen molar-refractivity contribution in [3.05, 3.63) is 40.0 Å². The maximum Gasteiger partial charge on any atom is 0.0709 e. The molecule has 21 heavy (non-hydrogen) atoms. The molecule has 2 N–H and O–H groups in total. The molecule has 4 heterocycles. The number of aromatic nitrogens is 1. The predicted molar refractivity (Wildman–Crippen MR) is 89.2 cm³/mol. The van der Waals surface area contributed by atoms with Crippen molar-refractivity contribution < 1.29 is 0 Å². The van der Waals surface area contributed by atoms with Crippen molar-refractivity contribution in [2.24, 2.45) is 11.7 Å². The first-order valence-electron chi connectivity index (χ1n) is 7.76. The minimum Gasteiger partial charge on any atom is -0.326 e. The topological polar surface area (TPSA) is 42.1 Å². The zero-order valence-corrected chi connectivity index (χ0v) is 13.6. The van der Waals surface area contributed by atoms with Crippen molar-refractivity contribution in [1.82, 2.24) is 9.88 Å². The Labute approximate surface area is 133 Å². The Morgan fingerprint density at radius 3 is 2.71 bits per heavy atom. The van der Waals surface area contributed by atoms with Crippen LogP contribution in [0.5, 0.6) is 0 Å². The van der Waals surface area contributed by atoms with Crippen LogP contribution in [0, 0.1) is 5.92 Å². The number of nitrogens with two attached hydrogens (primary N) is 1. The molecule has 1 atom stereocenters. The third-order valence-corrected chi connectivity index (χ3v) is 5.63. The van der Waals surface area contributed by atoms with Gasteiger partial charge in [-0.2, -0.15) is 0 Å². The van der Waals surface area contributed by atoms with Crippen LogP contribution in [0.15, 0.2) is 28.7 Å². The van der Waals surface area contributed by atoms with Crippen molar-refractivity contribution >= 4 is 26.8 Å². The third-order valence-electron chi connectivity index (χ3n) is 5.13. The number of nitrogens with zero attached hydrogens (tertiary/aromatic N) is 2. The smallest absolute Gasteiger partial charge is 0.0709 e. The van der Waals surface area contributed by atoms with Gasteiger partial charge in [0.25, 0.3) is 0 Å². The highest BCUT2D eigenvalue weighted by Gasteiger charge is 2.35. The lowest BCUT2D eigenvalue weighted by Gasteiger charge is -2.44. The quantitative estimate of drug-likeness (QED) is 0.908. The first kappa shape index (κ1) is 13.7. The van der Waals surface area contributed by atoms with E-state index in [2.05, 4.69) is 45.1 Å². The molecule has 0 aliphatic carbocycles. The van der Waals surface area contributed by atoms with Gasteiger partial charge in [0, 0.05) is 34.6 Å². The van der Waals surface area contributed by atoms with Crippen molar-refractivity contribution in [2.45, 2.75) is 25.3 Å². The van der Waals surface area contributed by atoms with E-state index in [1.54, 1.807) is 0 Å². The zero-order chi connectivity index (χ0) is 14.4. The van der Waals surface area contributed by atoms with Crippen LogP contribution in [0.3, 0.4) is 0 Å². The molecule has 3 nitrogen and oxygen atoms in total. The van der Waals surface area contributed by atoms with Crippen LogP contribution in [0.2, 0.25) is 0 Å². The Kier molecular flexibility index (Phi) is 3.48. The molecule has 0 radical (unpaired) electrons. The van der Waals surface area contributed by atoms with Crippen LogP contribution in [0.25, 0.3) is 10.9 Å². The summed E-state index contributed by atoms with van der Waals surface area (Å²) in [6, 6.07) is 8.55. The van der Waals surface area contributed by atoms with Gasteiger partial charge in [0.2, 0.25) is 0 Å². The molecule has 110 valence electrons. The summed E-state index contributed by atoms with van der Waals surface area (Å²) < 4.78 is 1.09. The van der Waals surface area contributed by atoms with Crippen molar-refractivity contribution in [1.29, 1.82) is 0 Å². The lowest BCUT2D eigenvalue weighted by atomic mass is 9.77. The second kappa shape index (κ2) is 5.34. The first-order chi connectivity index (χ1) is 10.2. The summed E-state index contributed by atoms with van der Waals surface area (Å²) >= 11 is 3.54. The highest BCUT2D eigenvalue weighted by atomic mass is 79.9. The second-order valence-corrected chi connectivity index (χ2v) is 7.23. The van der Waals surface area contributed by atoms with Gasteiger partial charge in [0.15, 0.2) is 0 Å².